The molecule has 1 saturated carbocycles. The lowest BCUT2D eigenvalue weighted by Gasteiger charge is -2.31. The number of ether oxygens (including phenoxy) is 1. The summed E-state index contributed by atoms with van der Waals surface area (Å²) in [5, 5.41) is 9.83. The molecule has 29 heavy (non-hydrogen) atoms. The maximum absolute atomic E-state index is 11.9. The summed E-state index contributed by atoms with van der Waals surface area (Å²) in [6.45, 7) is 13.0. The number of alkyl carbamates (subject to hydrolysis) is 1. The largest absolute Gasteiger partial charge is 0.466 e. The maximum atomic E-state index is 11.9. The second-order valence-electron chi connectivity index (χ2n) is 8.47. The number of hydrogen-bond acceptors (Lipinski definition) is 4. The van der Waals surface area contributed by atoms with Gasteiger partial charge in [-0.3, -0.25) is 0 Å². The molecule has 0 aromatic carbocycles. The smallest absolute Gasteiger partial charge is 0.407 e. The predicted molar refractivity (Wildman–Crippen MR) is 127 cm³/mol. The average molecular weight is 520 g/mol. The van der Waals surface area contributed by atoms with Crippen molar-refractivity contribution in [3.05, 3.63) is 23.2 Å². The van der Waals surface area contributed by atoms with Crippen molar-refractivity contribution < 1.29 is 13.9 Å². The maximum Gasteiger partial charge on any atom is 0.407 e. The lowest BCUT2D eigenvalue weighted by atomic mass is 9.91. The molecule has 0 radical (unpaired) electrons. The average Bonchev–Trinajstić information content (AvgIpc) is 2.90. The fourth-order valence-electron chi connectivity index (χ4n) is 3.37. The number of nitrogens with zero attached hydrogens (tertiary/aromatic N) is 1. The van der Waals surface area contributed by atoms with Crippen molar-refractivity contribution in [1.29, 1.82) is 0 Å². The zero-order valence-corrected chi connectivity index (χ0v) is 20.9. The fourth-order valence-corrected chi connectivity index (χ4v) is 3.37. The molecule has 1 aromatic rings. The minimum Gasteiger partial charge on any atom is -0.466 e. The van der Waals surface area contributed by atoms with Crippen molar-refractivity contribution in [3.8, 4) is 0 Å². The molecule has 8 heteroatoms. The first-order valence-corrected chi connectivity index (χ1v) is 10.3. The van der Waals surface area contributed by atoms with Crippen molar-refractivity contribution in [2.75, 3.05) is 6.54 Å². The van der Waals surface area contributed by atoms with E-state index in [4.69, 9.17) is 14.1 Å². The van der Waals surface area contributed by atoms with E-state index in [1.165, 1.54) is 0 Å². The predicted octanol–water partition coefficient (Wildman–Crippen LogP) is 4.41. The second-order valence-corrected chi connectivity index (χ2v) is 8.47. The Morgan fingerprint density at radius 2 is 1.76 bits per heavy atom. The first-order valence-electron chi connectivity index (χ1n) is 10.3. The van der Waals surface area contributed by atoms with Crippen LogP contribution in [0.3, 0.4) is 0 Å². The Kier molecular flexibility index (Phi) is 10.3. The second kappa shape index (κ2) is 11.7. The Labute approximate surface area is 191 Å². The van der Waals surface area contributed by atoms with Gasteiger partial charge in [0.15, 0.2) is 5.96 Å². The highest BCUT2D eigenvalue weighted by molar-refractivity contribution is 14.0. The van der Waals surface area contributed by atoms with Crippen LogP contribution in [0.15, 0.2) is 15.5 Å². The fraction of sp³-hybridized carbons (Fsp3) is 0.714. The van der Waals surface area contributed by atoms with E-state index in [0.717, 1.165) is 55.3 Å². The number of hydrogen-bond donors (Lipinski definition) is 3. The molecule has 166 valence electrons. The number of nitrogens with one attached hydrogen (secondary N) is 3. The van der Waals surface area contributed by atoms with Crippen LogP contribution in [0.4, 0.5) is 4.79 Å². The van der Waals surface area contributed by atoms with Crippen molar-refractivity contribution in [1.82, 2.24) is 16.0 Å². The number of furan rings is 1. The van der Waals surface area contributed by atoms with Gasteiger partial charge in [-0.1, -0.05) is 0 Å². The Bertz CT molecular complexity index is 674. The van der Waals surface area contributed by atoms with Crippen LogP contribution in [-0.2, 0) is 11.3 Å². The number of rotatable bonds is 5. The van der Waals surface area contributed by atoms with Crippen molar-refractivity contribution in [2.24, 2.45) is 4.99 Å². The summed E-state index contributed by atoms with van der Waals surface area (Å²) in [6, 6.07) is 2.56. The molecule has 1 amide bonds. The van der Waals surface area contributed by atoms with Gasteiger partial charge in [0.25, 0.3) is 0 Å². The van der Waals surface area contributed by atoms with Gasteiger partial charge in [-0.05, 0) is 73.3 Å². The summed E-state index contributed by atoms with van der Waals surface area (Å²) >= 11 is 0. The summed E-state index contributed by atoms with van der Waals surface area (Å²) < 4.78 is 10.9. The van der Waals surface area contributed by atoms with Crippen LogP contribution in [0, 0.1) is 13.8 Å². The third-order valence-electron chi connectivity index (χ3n) is 4.68. The molecule has 7 nitrogen and oxygen atoms in total. The molecule has 0 atom stereocenters. The van der Waals surface area contributed by atoms with E-state index in [1.807, 2.05) is 40.7 Å². The Balaban J connectivity index is 0.00000420. The third-order valence-corrected chi connectivity index (χ3v) is 4.68. The van der Waals surface area contributed by atoms with Crippen LogP contribution in [-0.4, -0.2) is 36.3 Å². The minimum atomic E-state index is -0.466. The van der Waals surface area contributed by atoms with Crippen LogP contribution >= 0.6 is 24.0 Å². The molecule has 0 aliphatic heterocycles. The molecule has 0 saturated heterocycles. The van der Waals surface area contributed by atoms with Crippen LogP contribution in [0.25, 0.3) is 0 Å². The summed E-state index contributed by atoms with van der Waals surface area (Å²) in [7, 11) is 0. The van der Waals surface area contributed by atoms with E-state index in [9.17, 15) is 4.79 Å². The van der Waals surface area contributed by atoms with Gasteiger partial charge in [-0.25, -0.2) is 9.79 Å². The minimum absolute atomic E-state index is 0. The van der Waals surface area contributed by atoms with Gasteiger partial charge < -0.3 is 25.1 Å². The van der Waals surface area contributed by atoms with Crippen LogP contribution < -0.4 is 16.0 Å². The lowest BCUT2D eigenvalue weighted by Crippen LogP contribution is -2.48. The molecule has 1 aliphatic rings. The highest BCUT2D eigenvalue weighted by Crippen LogP contribution is 2.20. The van der Waals surface area contributed by atoms with Crippen molar-refractivity contribution in [3.63, 3.8) is 0 Å². The van der Waals surface area contributed by atoms with Crippen LogP contribution in [0.1, 0.15) is 70.5 Å². The summed E-state index contributed by atoms with van der Waals surface area (Å²) in [6.07, 6.45) is 3.49. The first-order chi connectivity index (χ1) is 13.2. The number of aryl methyl sites for hydroxylation is 2. The zero-order chi connectivity index (χ0) is 20.7. The first kappa shape index (κ1) is 25.6. The molecule has 0 unspecified atom stereocenters. The Morgan fingerprint density at radius 3 is 2.24 bits per heavy atom. The molecule has 1 aliphatic carbocycles. The standard InChI is InChI=1S/C21H36N4O3.HI/c1-7-22-19(23-13-16-12-14(2)27-15(16)3)24-17-8-10-18(11-9-17)25-20(26)28-21(4,5)6;/h12,17-18H,7-11,13H2,1-6H3,(H,25,26)(H2,22,23,24);1H. The van der Waals surface area contributed by atoms with E-state index < -0.39 is 5.60 Å². The number of amides is 1. The highest BCUT2D eigenvalue weighted by Gasteiger charge is 2.25. The van der Waals surface area contributed by atoms with E-state index in [0.29, 0.717) is 12.6 Å². The number of aliphatic imine (C=N–C) groups is 1. The molecule has 1 aromatic heterocycles. The third kappa shape index (κ3) is 9.27. The summed E-state index contributed by atoms with van der Waals surface area (Å²) in [5.41, 5.74) is 0.645. The van der Waals surface area contributed by atoms with Gasteiger partial charge in [0, 0.05) is 24.2 Å². The van der Waals surface area contributed by atoms with Crippen LogP contribution in [0.2, 0.25) is 0 Å². The van der Waals surface area contributed by atoms with Gasteiger partial charge in [0.2, 0.25) is 0 Å². The number of halogens is 1. The Morgan fingerprint density at radius 1 is 1.17 bits per heavy atom. The van der Waals surface area contributed by atoms with Crippen molar-refractivity contribution in [2.45, 2.75) is 91.5 Å². The normalized spacial score (nSPS) is 19.9. The number of guanidine groups is 1. The lowest BCUT2D eigenvalue weighted by molar-refractivity contribution is 0.0490. The van der Waals surface area contributed by atoms with E-state index in [-0.39, 0.29) is 36.1 Å². The molecule has 0 bridgehead atoms. The van der Waals surface area contributed by atoms with Gasteiger partial charge in [-0.15, -0.1) is 24.0 Å². The monoisotopic (exact) mass is 520 g/mol. The van der Waals surface area contributed by atoms with Gasteiger partial charge in [-0.2, -0.15) is 0 Å². The molecular weight excluding hydrogens is 483 g/mol. The summed E-state index contributed by atoms with van der Waals surface area (Å²) in [5.74, 6) is 2.66. The molecule has 0 spiro atoms. The molecule has 2 rings (SSSR count). The highest BCUT2D eigenvalue weighted by atomic mass is 127. The number of carbonyl (C=O) groups is 1. The quantitative estimate of drug-likeness (QED) is 0.304. The Hall–Kier alpha value is -1.45. The van der Waals surface area contributed by atoms with E-state index >= 15 is 0 Å². The molecule has 1 heterocycles. The van der Waals surface area contributed by atoms with Gasteiger partial charge in [0.1, 0.15) is 17.1 Å². The zero-order valence-electron chi connectivity index (χ0n) is 18.6. The van der Waals surface area contributed by atoms with Crippen molar-refractivity contribution >= 4 is 36.0 Å². The van der Waals surface area contributed by atoms with E-state index in [2.05, 4.69) is 22.9 Å². The molecule has 1 fully saturated rings. The topological polar surface area (TPSA) is 87.9 Å². The SMILES string of the molecule is CCNC(=NCc1cc(C)oc1C)NC1CCC(NC(=O)OC(C)(C)C)CC1.I. The molecular formula is C21H37IN4O3. The van der Waals surface area contributed by atoms with Gasteiger partial charge in [0.05, 0.1) is 6.54 Å². The van der Waals surface area contributed by atoms with Gasteiger partial charge >= 0.3 is 6.09 Å². The number of carbonyl (C=O) groups excluding carboxylic acids is 1. The summed E-state index contributed by atoms with van der Waals surface area (Å²) in [4.78, 5) is 16.6. The van der Waals surface area contributed by atoms with E-state index in [1.54, 1.807) is 0 Å². The molecule has 3 N–H and O–H groups in total. The van der Waals surface area contributed by atoms with Crippen LogP contribution in [0.5, 0.6) is 0 Å².